The molecule has 0 fully saturated rings. The molecule has 0 unspecified atom stereocenters. The first-order chi connectivity index (χ1) is 9.83. The summed E-state index contributed by atoms with van der Waals surface area (Å²) in [5.41, 5.74) is 7.78. The second-order valence-electron chi connectivity index (χ2n) is 4.13. The molecule has 0 saturated heterocycles. The van der Waals surface area contributed by atoms with Crippen LogP contribution in [0, 0.1) is 0 Å². The standard InChI is InChI=1S/C13H18N4O2S/c14-12-11(10-3-1-4-15-9-10)13(20-17-12)16-5-2-7-19-8-6-18/h1,3-4,9,16,18H,2,5-8H2,(H2,14,17). The van der Waals surface area contributed by atoms with Crippen molar-refractivity contribution in [1.82, 2.24) is 9.36 Å². The van der Waals surface area contributed by atoms with E-state index in [4.69, 9.17) is 15.6 Å². The molecule has 7 heteroatoms. The van der Waals surface area contributed by atoms with Gasteiger partial charge in [0.05, 0.1) is 18.8 Å². The average Bonchev–Trinajstić information content (AvgIpc) is 2.84. The number of hydrogen-bond donors (Lipinski definition) is 3. The summed E-state index contributed by atoms with van der Waals surface area (Å²) in [6.45, 7) is 1.82. The molecule has 0 aliphatic rings. The van der Waals surface area contributed by atoms with E-state index in [1.807, 2.05) is 12.1 Å². The van der Waals surface area contributed by atoms with Gasteiger partial charge >= 0.3 is 0 Å². The number of pyridine rings is 1. The van der Waals surface area contributed by atoms with E-state index in [0.29, 0.717) is 19.0 Å². The third-order valence-electron chi connectivity index (χ3n) is 2.66. The van der Waals surface area contributed by atoms with E-state index in [0.717, 1.165) is 29.1 Å². The monoisotopic (exact) mass is 294 g/mol. The van der Waals surface area contributed by atoms with Crippen molar-refractivity contribution in [3.63, 3.8) is 0 Å². The van der Waals surface area contributed by atoms with Gasteiger partial charge in [0.25, 0.3) is 0 Å². The Labute approximate surface area is 121 Å². The van der Waals surface area contributed by atoms with E-state index in [-0.39, 0.29) is 6.61 Å². The Bertz CT molecular complexity index is 518. The van der Waals surface area contributed by atoms with Crippen LogP contribution in [0.4, 0.5) is 10.8 Å². The molecule has 6 nitrogen and oxygen atoms in total. The molecule has 2 rings (SSSR count). The van der Waals surface area contributed by atoms with E-state index in [1.54, 1.807) is 12.4 Å². The Kier molecular flexibility index (Phi) is 5.72. The number of nitrogen functional groups attached to an aromatic ring is 1. The maximum Gasteiger partial charge on any atom is 0.147 e. The topological polar surface area (TPSA) is 93.3 Å². The molecule has 0 saturated carbocycles. The average molecular weight is 294 g/mol. The van der Waals surface area contributed by atoms with E-state index >= 15 is 0 Å². The van der Waals surface area contributed by atoms with Crippen LogP contribution in [-0.4, -0.2) is 40.8 Å². The number of aliphatic hydroxyl groups excluding tert-OH is 1. The van der Waals surface area contributed by atoms with Crippen LogP contribution in [0.25, 0.3) is 11.1 Å². The molecule has 2 heterocycles. The normalized spacial score (nSPS) is 10.7. The zero-order valence-corrected chi connectivity index (χ0v) is 11.9. The Hall–Kier alpha value is -1.70. The molecular weight excluding hydrogens is 276 g/mol. The largest absolute Gasteiger partial charge is 0.394 e. The first-order valence-corrected chi connectivity index (χ1v) is 7.18. The van der Waals surface area contributed by atoms with Crippen LogP contribution in [0.5, 0.6) is 0 Å². The predicted octanol–water partition coefficient (Wildman–Crippen LogP) is 1.60. The van der Waals surface area contributed by atoms with Gasteiger partial charge in [0, 0.05) is 31.1 Å². The summed E-state index contributed by atoms with van der Waals surface area (Å²) in [5, 5.41) is 12.9. The highest BCUT2D eigenvalue weighted by molar-refractivity contribution is 7.11. The van der Waals surface area contributed by atoms with Crippen molar-refractivity contribution in [3.05, 3.63) is 24.5 Å². The summed E-state index contributed by atoms with van der Waals surface area (Å²) in [7, 11) is 0. The van der Waals surface area contributed by atoms with E-state index in [2.05, 4.69) is 14.7 Å². The van der Waals surface area contributed by atoms with Crippen molar-refractivity contribution in [2.24, 2.45) is 0 Å². The number of nitrogens with one attached hydrogen (secondary N) is 1. The van der Waals surface area contributed by atoms with Crippen LogP contribution < -0.4 is 11.1 Å². The smallest absolute Gasteiger partial charge is 0.147 e. The first-order valence-electron chi connectivity index (χ1n) is 6.41. The molecule has 0 atom stereocenters. The second kappa shape index (κ2) is 7.78. The van der Waals surface area contributed by atoms with Crippen LogP contribution in [0.1, 0.15) is 6.42 Å². The first kappa shape index (κ1) is 14.7. The van der Waals surface area contributed by atoms with Crippen LogP contribution in [0.3, 0.4) is 0 Å². The quantitative estimate of drug-likeness (QED) is 0.640. The molecule has 0 aromatic carbocycles. The van der Waals surface area contributed by atoms with E-state index in [1.165, 1.54) is 11.5 Å². The summed E-state index contributed by atoms with van der Waals surface area (Å²) in [5.74, 6) is 0.516. The van der Waals surface area contributed by atoms with Gasteiger partial charge in [-0.15, -0.1) is 0 Å². The maximum absolute atomic E-state index is 8.60. The fourth-order valence-corrected chi connectivity index (χ4v) is 2.52. The summed E-state index contributed by atoms with van der Waals surface area (Å²) in [6.07, 6.45) is 4.35. The van der Waals surface area contributed by atoms with Gasteiger partial charge in [0.15, 0.2) is 0 Å². The number of rotatable bonds is 8. The van der Waals surface area contributed by atoms with Crippen molar-refractivity contribution in [2.45, 2.75) is 6.42 Å². The molecule has 108 valence electrons. The lowest BCUT2D eigenvalue weighted by molar-refractivity contribution is 0.0922. The zero-order chi connectivity index (χ0) is 14.2. The molecule has 0 aliphatic carbocycles. The highest BCUT2D eigenvalue weighted by atomic mass is 32.1. The van der Waals surface area contributed by atoms with E-state index < -0.39 is 0 Å². The van der Waals surface area contributed by atoms with Gasteiger partial charge in [0.2, 0.25) is 0 Å². The molecule has 0 radical (unpaired) electrons. The van der Waals surface area contributed by atoms with Gasteiger partial charge in [0.1, 0.15) is 10.8 Å². The van der Waals surface area contributed by atoms with Crippen LogP contribution in [0.15, 0.2) is 24.5 Å². The molecule has 2 aromatic rings. The van der Waals surface area contributed by atoms with Crippen molar-refractivity contribution in [2.75, 3.05) is 37.4 Å². The number of ether oxygens (including phenoxy) is 1. The lowest BCUT2D eigenvalue weighted by Crippen LogP contribution is -2.07. The third kappa shape index (κ3) is 3.89. The maximum atomic E-state index is 8.60. The summed E-state index contributed by atoms with van der Waals surface area (Å²) >= 11 is 1.34. The SMILES string of the molecule is Nc1nsc(NCCCOCCO)c1-c1cccnc1. The number of hydrogen-bond acceptors (Lipinski definition) is 7. The Morgan fingerprint density at radius 3 is 3.05 bits per heavy atom. The number of anilines is 2. The highest BCUT2D eigenvalue weighted by Gasteiger charge is 2.13. The van der Waals surface area contributed by atoms with Gasteiger partial charge in [-0.2, -0.15) is 4.37 Å². The highest BCUT2D eigenvalue weighted by Crippen LogP contribution is 2.36. The Morgan fingerprint density at radius 2 is 2.30 bits per heavy atom. The molecular formula is C13H18N4O2S. The summed E-state index contributed by atoms with van der Waals surface area (Å²) < 4.78 is 9.39. The second-order valence-corrected chi connectivity index (χ2v) is 4.90. The van der Waals surface area contributed by atoms with Crippen LogP contribution >= 0.6 is 11.5 Å². The van der Waals surface area contributed by atoms with Crippen molar-refractivity contribution >= 4 is 22.4 Å². The minimum atomic E-state index is 0.0595. The van der Waals surface area contributed by atoms with Gasteiger partial charge in [-0.05, 0) is 24.0 Å². The minimum absolute atomic E-state index is 0.0595. The molecule has 2 aromatic heterocycles. The summed E-state index contributed by atoms with van der Waals surface area (Å²) in [4.78, 5) is 4.10. The lowest BCUT2D eigenvalue weighted by Gasteiger charge is -2.07. The fraction of sp³-hybridized carbons (Fsp3) is 0.385. The molecule has 4 N–H and O–H groups in total. The number of nitrogens with two attached hydrogens (primary N) is 1. The Morgan fingerprint density at radius 1 is 1.40 bits per heavy atom. The van der Waals surface area contributed by atoms with Crippen molar-refractivity contribution in [1.29, 1.82) is 0 Å². The molecule has 0 aliphatic heterocycles. The van der Waals surface area contributed by atoms with Crippen molar-refractivity contribution in [3.8, 4) is 11.1 Å². The third-order valence-corrected chi connectivity index (χ3v) is 3.47. The van der Waals surface area contributed by atoms with E-state index in [9.17, 15) is 0 Å². The van der Waals surface area contributed by atoms with Gasteiger partial charge < -0.3 is 20.9 Å². The number of aromatic nitrogens is 2. The minimum Gasteiger partial charge on any atom is -0.394 e. The molecule has 20 heavy (non-hydrogen) atoms. The number of aliphatic hydroxyl groups is 1. The van der Waals surface area contributed by atoms with Crippen molar-refractivity contribution < 1.29 is 9.84 Å². The van der Waals surface area contributed by atoms with Gasteiger partial charge in [-0.1, -0.05) is 6.07 Å². The predicted molar refractivity (Wildman–Crippen MR) is 80.8 cm³/mol. The van der Waals surface area contributed by atoms with Gasteiger partial charge in [-0.25, -0.2) is 0 Å². The fourth-order valence-electron chi connectivity index (χ4n) is 1.76. The molecule has 0 spiro atoms. The lowest BCUT2D eigenvalue weighted by atomic mass is 10.1. The number of nitrogens with zero attached hydrogens (tertiary/aromatic N) is 2. The molecule has 0 bridgehead atoms. The van der Waals surface area contributed by atoms with Crippen LogP contribution in [0.2, 0.25) is 0 Å². The zero-order valence-electron chi connectivity index (χ0n) is 11.1. The Balaban J connectivity index is 1.93. The molecule has 0 amide bonds. The van der Waals surface area contributed by atoms with Crippen LogP contribution in [-0.2, 0) is 4.74 Å². The summed E-state index contributed by atoms with van der Waals surface area (Å²) in [6, 6.07) is 3.83. The van der Waals surface area contributed by atoms with Gasteiger partial charge in [-0.3, -0.25) is 4.98 Å².